The molecule has 1 saturated carbocycles. The Balaban J connectivity index is 1.78. The van der Waals surface area contributed by atoms with Crippen molar-refractivity contribution in [2.24, 2.45) is 5.92 Å². The molecule has 2 aromatic rings. The molecule has 4 nitrogen and oxygen atoms in total. The minimum atomic E-state index is -0.431. The van der Waals surface area contributed by atoms with Crippen LogP contribution >= 0.6 is 0 Å². The molecule has 4 heteroatoms. The first-order chi connectivity index (χ1) is 9.65. The highest BCUT2D eigenvalue weighted by atomic mass is 16.5. The molecule has 0 amide bonds. The molecule has 3 rings (SSSR count). The summed E-state index contributed by atoms with van der Waals surface area (Å²) in [5, 5.41) is 0.859. The third kappa shape index (κ3) is 2.50. The van der Waals surface area contributed by atoms with Gasteiger partial charge in [0.05, 0.1) is 12.7 Å². The second-order valence-electron chi connectivity index (χ2n) is 5.35. The molecule has 1 heterocycles. The van der Waals surface area contributed by atoms with Crippen molar-refractivity contribution in [3.8, 4) is 5.75 Å². The first kappa shape index (κ1) is 13.0. The summed E-state index contributed by atoms with van der Waals surface area (Å²) >= 11 is 0. The minimum Gasteiger partial charge on any atom is -0.490 e. The summed E-state index contributed by atoms with van der Waals surface area (Å²) in [4.78, 5) is 11.6. The Bertz CT molecular complexity index is 622. The Kier molecular flexibility index (Phi) is 3.38. The Hall–Kier alpha value is -1.97. The van der Waals surface area contributed by atoms with Gasteiger partial charge < -0.3 is 13.9 Å². The third-order valence-corrected chi connectivity index (χ3v) is 3.60. The molecule has 0 spiro atoms. The standard InChI is InChI=1S/C16H18O4/c1-3-18-16(17)15-9-11-8-12(4-5-14(11)20-15)19-13-6-10(2)7-13/h4-5,8-10,13H,3,6-7H2,1-2H3. The number of rotatable bonds is 4. The molecule has 1 aliphatic carbocycles. The van der Waals surface area contributed by atoms with E-state index in [0.29, 0.717) is 18.3 Å². The minimum absolute atomic E-state index is 0.233. The number of fused-ring (bicyclic) bond motifs is 1. The summed E-state index contributed by atoms with van der Waals surface area (Å²) in [5.41, 5.74) is 0.669. The number of hydrogen-bond donors (Lipinski definition) is 0. The SMILES string of the molecule is CCOC(=O)c1cc2cc(OC3CC(C)C3)ccc2o1. The van der Waals surface area contributed by atoms with E-state index < -0.39 is 5.97 Å². The van der Waals surface area contributed by atoms with Crippen molar-refractivity contribution in [3.05, 3.63) is 30.0 Å². The highest BCUT2D eigenvalue weighted by molar-refractivity contribution is 5.92. The molecule has 0 N–H and O–H groups in total. The van der Waals surface area contributed by atoms with E-state index in [2.05, 4.69) is 6.92 Å². The maximum absolute atomic E-state index is 11.6. The van der Waals surface area contributed by atoms with Crippen LogP contribution in [0.25, 0.3) is 11.0 Å². The first-order valence-electron chi connectivity index (χ1n) is 7.03. The molecule has 0 bridgehead atoms. The predicted octanol–water partition coefficient (Wildman–Crippen LogP) is 3.79. The zero-order valence-corrected chi connectivity index (χ0v) is 11.7. The highest BCUT2D eigenvalue weighted by Gasteiger charge is 2.27. The van der Waals surface area contributed by atoms with E-state index in [4.69, 9.17) is 13.9 Å². The number of esters is 1. The zero-order chi connectivity index (χ0) is 14.1. The van der Waals surface area contributed by atoms with Crippen LogP contribution in [0.3, 0.4) is 0 Å². The van der Waals surface area contributed by atoms with E-state index in [0.717, 1.165) is 29.9 Å². The summed E-state index contributed by atoms with van der Waals surface area (Å²) in [6.07, 6.45) is 2.54. The molecule has 20 heavy (non-hydrogen) atoms. The highest BCUT2D eigenvalue weighted by Crippen LogP contribution is 2.32. The molecule has 1 aliphatic rings. The monoisotopic (exact) mass is 274 g/mol. The van der Waals surface area contributed by atoms with Crippen molar-refractivity contribution >= 4 is 16.9 Å². The average molecular weight is 274 g/mol. The van der Waals surface area contributed by atoms with Crippen LogP contribution < -0.4 is 4.74 Å². The molecule has 0 unspecified atom stereocenters. The van der Waals surface area contributed by atoms with Crippen LogP contribution in [0.15, 0.2) is 28.7 Å². The largest absolute Gasteiger partial charge is 0.490 e. The van der Waals surface area contributed by atoms with Gasteiger partial charge in [-0.15, -0.1) is 0 Å². The molecular weight excluding hydrogens is 256 g/mol. The summed E-state index contributed by atoms with van der Waals surface area (Å²) in [5.74, 6) is 1.38. The lowest BCUT2D eigenvalue weighted by Crippen LogP contribution is -2.31. The lowest BCUT2D eigenvalue weighted by atomic mass is 9.84. The van der Waals surface area contributed by atoms with Crippen molar-refractivity contribution < 1.29 is 18.7 Å². The van der Waals surface area contributed by atoms with Gasteiger partial charge in [0.1, 0.15) is 11.3 Å². The van der Waals surface area contributed by atoms with Gasteiger partial charge in [0.25, 0.3) is 0 Å². The first-order valence-corrected chi connectivity index (χ1v) is 7.03. The van der Waals surface area contributed by atoms with E-state index >= 15 is 0 Å². The van der Waals surface area contributed by atoms with Gasteiger partial charge in [-0.3, -0.25) is 0 Å². The van der Waals surface area contributed by atoms with Crippen LogP contribution in [0, 0.1) is 5.92 Å². The third-order valence-electron chi connectivity index (χ3n) is 3.60. The molecule has 106 valence electrons. The molecular formula is C16H18O4. The molecule has 0 atom stereocenters. The normalized spacial score (nSPS) is 21.5. The van der Waals surface area contributed by atoms with Crippen LogP contribution in [0.4, 0.5) is 0 Å². The predicted molar refractivity (Wildman–Crippen MR) is 75.0 cm³/mol. The maximum Gasteiger partial charge on any atom is 0.374 e. The van der Waals surface area contributed by atoms with Gasteiger partial charge >= 0.3 is 5.97 Å². The van der Waals surface area contributed by atoms with Crippen LogP contribution in [0.5, 0.6) is 5.75 Å². The van der Waals surface area contributed by atoms with Crippen molar-refractivity contribution in [1.82, 2.24) is 0 Å². The van der Waals surface area contributed by atoms with Gasteiger partial charge in [-0.2, -0.15) is 0 Å². The molecule has 0 aliphatic heterocycles. The number of furan rings is 1. The van der Waals surface area contributed by atoms with Crippen molar-refractivity contribution in [3.63, 3.8) is 0 Å². The number of ether oxygens (including phenoxy) is 2. The van der Waals surface area contributed by atoms with E-state index in [-0.39, 0.29) is 5.76 Å². The van der Waals surface area contributed by atoms with Crippen LogP contribution in [0.2, 0.25) is 0 Å². The molecule has 1 aromatic carbocycles. The molecule has 1 aromatic heterocycles. The fourth-order valence-electron chi connectivity index (χ4n) is 2.51. The van der Waals surface area contributed by atoms with Crippen LogP contribution in [-0.2, 0) is 4.74 Å². The Morgan fingerprint density at radius 3 is 2.85 bits per heavy atom. The number of carbonyl (C=O) groups excluding carboxylic acids is 1. The van der Waals surface area contributed by atoms with Crippen LogP contribution in [-0.4, -0.2) is 18.7 Å². The van der Waals surface area contributed by atoms with Crippen molar-refractivity contribution in [2.75, 3.05) is 6.61 Å². The lowest BCUT2D eigenvalue weighted by molar-refractivity contribution is 0.0492. The average Bonchev–Trinajstić information content (AvgIpc) is 2.80. The quantitative estimate of drug-likeness (QED) is 0.796. The van der Waals surface area contributed by atoms with E-state index in [1.165, 1.54) is 0 Å². The van der Waals surface area contributed by atoms with E-state index in [9.17, 15) is 4.79 Å². The van der Waals surface area contributed by atoms with Gasteiger partial charge in [-0.1, -0.05) is 6.92 Å². The van der Waals surface area contributed by atoms with Crippen molar-refractivity contribution in [2.45, 2.75) is 32.8 Å². The van der Waals surface area contributed by atoms with E-state index in [1.54, 1.807) is 13.0 Å². The van der Waals surface area contributed by atoms with Gasteiger partial charge in [0, 0.05) is 5.39 Å². The molecule has 1 fully saturated rings. The second-order valence-corrected chi connectivity index (χ2v) is 5.35. The smallest absolute Gasteiger partial charge is 0.374 e. The Morgan fingerprint density at radius 2 is 2.15 bits per heavy atom. The topological polar surface area (TPSA) is 48.7 Å². The maximum atomic E-state index is 11.6. The van der Waals surface area contributed by atoms with Gasteiger partial charge in [0.2, 0.25) is 5.76 Å². The number of hydrogen-bond acceptors (Lipinski definition) is 4. The Labute approximate surface area is 117 Å². The Morgan fingerprint density at radius 1 is 1.35 bits per heavy atom. The van der Waals surface area contributed by atoms with E-state index in [1.807, 2.05) is 18.2 Å². The fraction of sp³-hybridized carbons (Fsp3) is 0.438. The summed E-state index contributed by atoms with van der Waals surface area (Å²) in [6.45, 7) is 4.33. The van der Waals surface area contributed by atoms with Gasteiger partial charge in [-0.25, -0.2) is 4.79 Å². The summed E-state index contributed by atoms with van der Waals surface area (Å²) in [7, 11) is 0. The lowest BCUT2D eigenvalue weighted by Gasteiger charge is -2.32. The van der Waals surface area contributed by atoms with Gasteiger partial charge in [0.15, 0.2) is 0 Å². The summed E-state index contributed by atoms with van der Waals surface area (Å²) in [6, 6.07) is 7.31. The number of carbonyl (C=O) groups is 1. The summed E-state index contributed by atoms with van der Waals surface area (Å²) < 4.78 is 16.3. The van der Waals surface area contributed by atoms with Crippen LogP contribution in [0.1, 0.15) is 37.2 Å². The molecule has 0 radical (unpaired) electrons. The second kappa shape index (κ2) is 5.19. The zero-order valence-electron chi connectivity index (χ0n) is 11.7. The van der Waals surface area contributed by atoms with Crippen molar-refractivity contribution in [1.29, 1.82) is 0 Å². The number of benzene rings is 1. The molecule has 0 saturated heterocycles. The fourth-order valence-corrected chi connectivity index (χ4v) is 2.51. The van der Waals surface area contributed by atoms with Gasteiger partial charge in [-0.05, 0) is 49.9 Å².